The Morgan fingerprint density at radius 2 is 1.93 bits per heavy atom. The van der Waals surface area contributed by atoms with Crippen molar-refractivity contribution in [1.82, 2.24) is 10.3 Å². The first-order valence-electron chi connectivity index (χ1n) is 8.92. The van der Waals surface area contributed by atoms with Gasteiger partial charge < -0.3 is 19.5 Å². The van der Waals surface area contributed by atoms with Crippen LogP contribution in [0.5, 0.6) is 17.2 Å². The monoisotopic (exact) mass is 412 g/mol. The first-order valence-corrected chi connectivity index (χ1v) is 9.30. The van der Waals surface area contributed by atoms with Crippen LogP contribution in [0.25, 0.3) is 0 Å². The van der Waals surface area contributed by atoms with E-state index in [1.807, 2.05) is 42.5 Å². The smallest absolute Gasteiger partial charge is 0.251 e. The summed E-state index contributed by atoms with van der Waals surface area (Å²) in [5.74, 6) is 1.22. The van der Waals surface area contributed by atoms with E-state index in [1.54, 1.807) is 18.3 Å². The molecule has 0 aliphatic rings. The number of halogens is 1. The predicted molar refractivity (Wildman–Crippen MR) is 111 cm³/mol. The van der Waals surface area contributed by atoms with Crippen LogP contribution in [0.4, 0.5) is 0 Å². The first kappa shape index (κ1) is 20.5. The molecule has 0 unspecified atom stereocenters. The van der Waals surface area contributed by atoms with Crippen molar-refractivity contribution in [3.8, 4) is 17.2 Å². The normalized spacial score (nSPS) is 10.3. The molecular formula is C22H21ClN2O4. The van der Waals surface area contributed by atoms with Gasteiger partial charge in [0.1, 0.15) is 12.4 Å². The van der Waals surface area contributed by atoms with Gasteiger partial charge in [-0.05, 0) is 42.0 Å². The van der Waals surface area contributed by atoms with Crippen molar-refractivity contribution < 1.29 is 19.0 Å². The van der Waals surface area contributed by atoms with Gasteiger partial charge >= 0.3 is 0 Å². The molecule has 0 atom stereocenters. The number of ether oxygens (including phenoxy) is 3. The molecule has 2 aromatic carbocycles. The zero-order valence-electron chi connectivity index (χ0n) is 16.1. The van der Waals surface area contributed by atoms with Crippen LogP contribution in [0.1, 0.15) is 21.6 Å². The summed E-state index contributed by atoms with van der Waals surface area (Å²) in [5.41, 5.74) is 2.13. The Kier molecular flexibility index (Phi) is 6.92. The lowest BCUT2D eigenvalue weighted by Crippen LogP contribution is -2.22. The van der Waals surface area contributed by atoms with E-state index in [0.717, 1.165) is 11.3 Å². The maximum atomic E-state index is 12.5. The fraction of sp³-hybridized carbons (Fsp3) is 0.182. The van der Waals surface area contributed by atoms with Gasteiger partial charge in [0.05, 0.1) is 24.9 Å². The van der Waals surface area contributed by atoms with Crippen LogP contribution in [-0.4, -0.2) is 25.1 Å². The molecular weight excluding hydrogens is 392 g/mol. The average Bonchev–Trinajstić information content (AvgIpc) is 2.76. The summed E-state index contributed by atoms with van der Waals surface area (Å²) in [7, 11) is 2.98. The van der Waals surface area contributed by atoms with E-state index in [1.165, 1.54) is 14.2 Å². The Morgan fingerprint density at radius 1 is 1.07 bits per heavy atom. The molecule has 0 bridgehead atoms. The van der Waals surface area contributed by atoms with Crippen LogP contribution in [0.2, 0.25) is 5.02 Å². The number of nitrogens with one attached hydrogen (secondary N) is 1. The highest BCUT2D eigenvalue weighted by atomic mass is 35.5. The Hall–Kier alpha value is -3.25. The number of nitrogens with zero attached hydrogens (tertiary/aromatic N) is 1. The van der Waals surface area contributed by atoms with Gasteiger partial charge in [-0.3, -0.25) is 9.78 Å². The topological polar surface area (TPSA) is 69.7 Å². The summed E-state index contributed by atoms with van der Waals surface area (Å²) in [4.78, 5) is 16.8. The fourth-order valence-corrected chi connectivity index (χ4v) is 3.01. The Balaban J connectivity index is 1.62. The standard InChI is InChI=1S/C22H21ClN2O4/c1-27-20-12-16(11-19(23)21(20)28-2)22(26)25-13-15-6-5-8-18(10-15)29-14-17-7-3-4-9-24-17/h3-12H,13-14H2,1-2H3,(H,25,26). The third-order valence-corrected chi connectivity index (χ3v) is 4.44. The lowest BCUT2D eigenvalue weighted by Gasteiger charge is -2.12. The van der Waals surface area contributed by atoms with Crippen molar-refractivity contribution in [1.29, 1.82) is 0 Å². The Morgan fingerprint density at radius 3 is 2.66 bits per heavy atom. The quantitative estimate of drug-likeness (QED) is 0.598. The molecule has 0 radical (unpaired) electrons. The molecule has 0 saturated carbocycles. The number of hydrogen-bond donors (Lipinski definition) is 1. The van der Waals surface area contributed by atoms with Gasteiger partial charge in [-0.2, -0.15) is 0 Å². The summed E-state index contributed by atoms with van der Waals surface area (Å²) in [6, 6.07) is 16.3. The summed E-state index contributed by atoms with van der Waals surface area (Å²) in [6.45, 7) is 0.715. The first-order chi connectivity index (χ1) is 14.1. The second kappa shape index (κ2) is 9.80. The minimum Gasteiger partial charge on any atom is -0.493 e. The van der Waals surface area contributed by atoms with E-state index in [9.17, 15) is 4.79 Å². The van der Waals surface area contributed by atoms with Gasteiger partial charge in [-0.1, -0.05) is 29.8 Å². The molecule has 29 heavy (non-hydrogen) atoms. The summed E-state index contributed by atoms with van der Waals surface area (Å²) in [5, 5.41) is 3.18. The minimum absolute atomic E-state index is 0.271. The number of methoxy groups -OCH3 is 2. The molecule has 0 spiro atoms. The average molecular weight is 413 g/mol. The molecule has 7 heteroatoms. The van der Waals surface area contributed by atoms with Crippen molar-refractivity contribution in [3.05, 3.63) is 82.6 Å². The maximum Gasteiger partial charge on any atom is 0.251 e. The molecule has 0 aliphatic heterocycles. The lowest BCUT2D eigenvalue weighted by atomic mass is 10.1. The maximum absolute atomic E-state index is 12.5. The van der Waals surface area contributed by atoms with Crippen LogP contribution in [0, 0.1) is 0 Å². The van der Waals surface area contributed by atoms with E-state index < -0.39 is 0 Å². The van der Waals surface area contributed by atoms with E-state index >= 15 is 0 Å². The zero-order chi connectivity index (χ0) is 20.6. The number of hydrogen-bond acceptors (Lipinski definition) is 5. The van der Waals surface area contributed by atoms with E-state index in [-0.39, 0.29) is 5.91 Å². The molecule has 3 aromatic rings. The zero-order valence-corrected chi connectivity index (χ0v) is 16.9. The molecule has 1 heterocycles. The number of benzene rings is 2. The molecule has 0 saturated heterocycles. The highest BCUT2D eigenvalue weighted by molar-refractivity contribution is 6.32. The highest BCUT2D eigenvalue weighted by Crippen LogP contribution is 2.36. The second-order valence-electron chi connectivity index (χ2n) is 6.13. The Bertz CT molecular complexity index is 980. The number of amides is 1. The number of rotatable bonds is 8. The van der Waals surface area contributed by atoms with Crippen molar-refractivity contribution >= 4 is 17.5 Å². The Labute approximate surface area is 174 Å². The van der Waals surface area contributed by atoms with Crippen LogP contribution in [0.15, 0.2) is 60.8 Å². The van der Waals surface area contributed by atoms with Crippen LogP contribution < -0.4 is 19.5 Å². The van der Waals surface area contributed by atoms with Gasteiger partial charge in [0.2, 0.25) is 0 Å². The number of carbonyl (C=O) groups excluding carboxylic acids is 1. The predicted octanol–water partition coefficient (Wildman–Crippen LogP) is 4.26. The second-order valence-corrected chi connectivity index (χ2v) is 6.54. The van der Waals surface area contributed by atoms with Crippen molar-refractivity contribution in [2.75, 3.05) is 14.2 Å². The third kappa shape index (κ3) is 5.39. The fourth-order valence-electron chi connectivity index (χ4n) is 2.72. The van der Waals surface area contributed by atoms with Gasteiger partial charge in [-0.15, -0.1) is 0 Å². The van der Waals surface area contributed by atoms with Crippen LogP contribution in [-0.2, 0) is 13.2 Å². The van der Waals surface area contributed by atoms with Gasteiger partial charge in [0.15, 0.2) is 11.5 Å². The summed E-state index contributed by atoms with van der Waals surface area (Å²) >= 11 is 6.17. The highest BCUT2D eigenvalue weighted by Gasteiger charge is 2.15. The van der Waals surface area contributed by atoms with Crippen LogP contribution in [0.3, 0.4) is 0 Å². The molecule has 0 fully saturated rings. The SMILES string of the molecule is COc1cc(C(=O)NCc2cccc(OCc3ccccn3)c2)cc(Cl)c1OC. The van der Waals surface area contributed by atoms with Gasteiger partial charge in [0.25, 0.3) is 5.91 Å². The largest absolute Gasteiger partial charge is 0.493 e. The van der Waals surface area contributed by atoms with Gasteiger partial charge in [-0.25, -0.2) is 0 Å². The van der Waals surface area contributed by atoms with Gasteiger partial charge in [0, 0.05) is 18.3 Å². The molecule has 150 valence electrons. The minimum atomic E-state index is -0.271. The van der Waals surface area contributed by atoms with E-state index in [4.69, 9.17) is 25.8 Å². The van der Waals surface area contributed by atoms with Crippen molar-refractivity contribution in [2.45, 2.75) is 13.2 Å². The molecule has 3 rings (SSSR count). The number of pyridine rings is 1. The third-order valence-electron chi connectivity index (χ3n) is 4.16. The molecule has 1 N–H and O–H groups in total. The van der Waals surface area contributed by atoms with E-state index in [0.29, 0.717) is 41.0 Å². The molecule has 1 amide bonds. The lowest BCUT2D eigenvalue weighted by molar-refractivity contribution is 0.0950. The molecule has 0 aliphatic carbocycles. The number of aromatic nitrogens is 1. The van der Waals surface area contributed by atoms with E-state index in [2.05, 4.69) is 10.3 Å². The molecule has 1 aromatic heterocycles. The number of carbonyl (C=O) groups is 1. The summed E-state index contributed by atoms with van der Waals surface area (Å²) in [6.07, 6.45) is 1.73. The molecule has 6 nitrogen and oxygen atoms in total. The summed E-state index contributed by atoms with van der Waals surface area (Å²) < 4.78 is 16.2. The van der Waals surface area contributed by atoms with Crippen molar-refractivity contribution in [2.24, 2.45) is 0 Å². The van der Waals surface area contributed by atoms with Crippen molar-refractivity contribution in [3.63, 3.8) is 0 Å². The van der Waals surface area contributed by atoms with Crippen LogP contribution >= 0.6 is 11.6 Å².